The summed E-state index contributed by atoms with van der Waals surface area (Å²) in [6, 6.07) is 4.53. The van der Waals surface area contributed by atoms with Crippen molar-refractivity contribution in [3.63, 3.8) is 0 Å². The SMILES string of the molecule is CCC(CC)NS(=O)(=O)c1ccc(Cl)c(Br)c1. The summed E-state index contributed by atoms with van der Waals surface area (Å²) < 4.78 is 27.3. The average Bonchev–Trinajstić information content (AvgIpc) is 2.29. The average molecular weight is 341 g/mol. The van der Waals surface area contributed by atoms with Crippen molar-refractivity contribution in [3.05, 3.63) is 27.7 Å². The maximum Gasteiger partial charge on any atom is 0.240 e. The molecule has 17 heavy (non-hydrogen) atoms. The molecule has 0 atom stereocenters. The van der Waals surface area contributed by atoms with Crippen molar-refractivity contribution >= 4 is 37.6 Å². The summed E-state index contributed by atoms with van der Waals surface area (Å²) in [5, 5.41) is 0.492. The molecule has 6 heteroatoms. The number of benzene rings is 1. The highest BCUT2D eigenvalue weighted by atomic mass is 79.9. The van der Waals surface area contributed by atoms with Gasteiger partial charge in [0, 0.05) is 10.5 Å². The van der Waals surface area contributed by atoms with Crippen LogP contribution in [0.4, 0.5) is 0 Å². The molecule has 0 saturated carbocycles. The Balaban J connectivity index is 3.01. The van der Waals surface area contributed by atoms with Gasteiger partial charge in [-0.2, -0.15) is 0 Å². The van der Waals surface area contributed by atoms with Crippen molar-refractivity contribution in [1.82, 2.24) is 4.72 Å². The van der Waals surface area contributed by atoms with E-state index >= 15 is 0 Å². The van der Waals surface area contributed by atoms with E-state index in [9.17, 15) is 8.42 Å². The van der Waals surface area contributed by atoms with Crippen molar-refractivity contribution < 1.29 is 8.42 Å². The van der Waals surface area contributed by atoms with Gasteiger partial charge in [0.2, 0.25) is 10.0 Å². The van der Waals surface area contributed by atoms with Crippen LogP contribution in [0.15, 0.2) is 27.6 Å². The van der Waals surface area contributed by atoms with Gasteiger partial charge in [-0.15, -0.1) is 0 Å². The maximum atomic E-state index is 12.0. The smallest absolute Gasteiger partial charge is 0.208 e. The quantitative estimate of drug-likeness (QED) is 0.890. The summed E-state index contributed by atoms with van der Waals surface area (Å²) >= 11 is 9.04. The van der Waals surface area contributed by atoms with Crippen molar-refractivity contribution in [2.45, 2.75) is 37.6 Å². The first-order chi connectivity index (χ1) is 7.90. The monoisotopic (exact) mass is 339 g/mol. The molecular weight excluding hydrogens is 326 g/mol. The first-order valence-electron chi connectivity index (χ1n) is 5.38. The molecule has 0 amide bonds. The Bertz CT molecular complexity index is 486. The molecule has 1 rings (SSSR count). The zero-order valence-electron chi connectivity index (χ0n) is 9.70. The molecular formula is C11H15BrClNO2S. The predicted octanol–water partition coefficient (Wildman–Crippen LogP) is 3.57. The minimum Gasteiger partial charge on any atom is -0.208 e. The number of hydrogen-bond acceptors (Lipinski definition) is 2. The molecule has 0 saturated heterocycles. The summed E-state index contributed by atoms with van der Waals surface area (Å²) in [5.41, 5.74) is 0. The van der Waals surface area contributed by atoms with Crippen molar-refractivity contribution in [2.24, 2.45) is 0 Å². The number of hydrogen-bond donors (Lipinski definition) is 1. The molecule has 3 nitrogen and oxygen atoms in total. The molecule has 0 bridgehead atoms. The minimum absolute atomic E-state index is 0.0329. The van der Waals surface area contributed by atoms with Gasteiger partial charge >= 0.3 is 0 Å². The van der Waals surface area contributed by atoms with Gasteiger partial charge in [0.25, 0.3) is 0 Å². The van der Waals surface area contributed by atoms with Gasteiger partial charge < -0.3 is 0 Å². The van der Waals surface area contributed by atoms with Crippen LogP contribution in [0.3, 0.4) is 0 Å². The lowest BCUT2D eigenvalue weighted by atomic mass is 10.2. The van der Waals surface area contributed by atoms with Crippen LogP contribution in [0.1, 0.15) is 26.7 Å². The second-order valence-corrected chi connectivity index (χ2v) is 6.69. The van der Waals surface area contributed by atoms with Crippen LogP contribution in [0.2, 0.25) is 5.02 Å². The Morgan fingerprint density at radius 3 is 2.41 bits per heavy atom. The molecule has 0 radical (unpaired) electrons. The Morgan fingerprint density at radius 1 is 1.35 bits per heavy atom. The third-order valence-corrected chi connectivity index (χ3v) is 5.24. The van der Waals surface area contributed by atoms with E-state index in [-0.39, 0.29) is 10.9 Å². The Hall–Kier alpha value is -0.100. The summed E-state index contributed by atoms with van der Waals surface area (Å²) in [5.74, 6) is 0. The highest BCUT2D eigenvalue weighted by Gasteiger charge is 2.18. The molecule has 1 N–H and O–H groups in total. The number of rotatable bonds is 5. The minimum atomic E-state index is -3.46. The molecule has 0 unspecified atom stereocenters. The lowest BCUT2D eigenvalue weighted by molar-refractivity contribution is 0.530. The van der Waals surface area contributed by atoms with E-state index in [1.54, 1.807) is 6.07 Å². The molecule has 0 aliphatic carbocycles. The molecule has 0 heterocycles. The normalized spacial score (nSPS) is 12.1. The van der Waals surface area contributed by atoms with Gasteiger partial charge in [-0.25, -0.2) is 13.1 Å². The van der Waals surface area contributed by atoms with E-state index < -0.39 is 10.0 Å². The Morgan fingerprint density at radius 2 is 1.94 bits per heavy atom. The summed E-state index contributed by atoms with van der Waals surface area (Å²) in [6.07, 6.45) is 1.54. The lowest BCUT2D eigenvalue weighted by Crippen LogP contribution is -2.33. The molecule has 1 aromatic carbocycles. The van der Waals surface area contributed by atoms with Crippen LogP contribution >= 0.6 is 27.5 Å². The number of halogens is 2. The predicted molar refractivity (Wildman–Crippen MR) is 73.8 cm³/mol. The van der Waals surface area contributed by atoms with Crippen molar-refractivity contribution in [2.75, 3.05) is 0 Å². The molecule has 0 spiro atoms. The van der Waals surface area contributed by atoms with Crippen molar-refractivity contribution in [3.8, 4) is 0 Å². The van der Waals surface area contributed by atoms with Crippen LogP contribution in [0, 0.1) is 0 Å². The highest BCUT2D eigenvalue weighted by molar-refractivity contribution is 9.10. The van der Waals surface area contributed by atoms with E-state index in [0.29, 0.717) is 9.50 Å². The van der Waals surface area contributed by atoms with Crippen LogP contribution in [0.25, 0.3) is 0 Å². The zero-order chi connectivity index (χ0) is 13.1. The Kier molecular flexibility index (Phi) is 5.44. The maximum absolute atomic E-state index is 12.0. The van der Waals surface area contributed by atoms with Gasteiger partial charge in [-0.05, 0) is 47.0 Å². The van der Waals surface area contributed by atoms with E-state index in [4.69, 9.17) is 11.6 Å². The molecule has 0 fully saturated rings. The molecule has 0 aliphatic rings. The van der Waals surface area contributed by atoms with Crippen LogP contribution in [0.5, 0.6) is 0 Å². The lowest BCUT2D eigenvalue weighted by Gasteiger charge is -2.15. The summed E-state index contributed by atoms with van der Waals surface area (Å²) in [6.45, 7) is 3.91. The molecule has 0 aromatic heterocycles. The van der Waals surface area contributed by atoms with Crippen LogP contribution < -0.4 is 4.72 Å². The van der Waals surface area contributed by atoms with Crippen LogP contribution in [-0.4, -0.2) is 14.5 Å². The fourth-order valence-electron chi connectivity index (χ4n) is 1.39. The largest absolute Gasteiger partial charge is 0.240 e. The van der Waals surface area contributed by atoms with Gasteiger partial charge in [0.15, 0.2) is 0 Å². The second kappa shape index (κ2) is 6.18. The zero-order valence-corrected chi connectivity index (χ0v) is 12.9. The van der Waals surface area contributed by atoms with Gasteiger partial charge in [-0.1, -0.05) is 25.4 Å². The molecule has 0 aliphatic heterocycles. The third kappa shape index (κ3) is 3.95. The van der Waals surface area contributed by atoms with Gasteiger partial charge in [-0.3, -0.25) is 0 Å². The summed E-state index contributed by atoms with van der Waals surface area (Å²) in [4.78, 5) is 0.223. The summed E-state index contributed by atoms with van der Waals surface area (Å²) in [7, 11) is -3.46. The topological polar surface area (TPSA) is 46.2 Å². The van der Waals surface area contributed by atoms with E-state index in [0.717, 1.165) is 12.8 Å². The van der Waals surface area contributed by atoms with Crippen molar-refractivity contribution in [1.29, 1.82) is 0 Å². The Labute approximate surface area is 116 Å². The van der Waals surface area contributed by atoms with E-state index in [1.807, 2.05) is 13.8 Å². The first kappa shape index (κ1) is 15.0. The van der Waals surface area contributed by atoms with Crippen LogP contribution in [-0.2, 0) is 10.0 Å². The fourth-order valence-corrected chi connectivity index (χ4v) is 3.46. The number of nitrogens with one attached hydrogen (secondary N) is 1. The highest BCUT2D eigenvalue weighted by Crippen LogP contribution is 2.25. The second-order valence-electron chi connectivity index (χ2n) is 3.71. The first-order valence-corrected chi connectivity index (χ1v) is 8.03. The fraction of sp³-hybridized carbons (Fsp3) is 0.455. The van der Waals surface area contributed by atoms with Gasteiger partial charge in [0.05, 0.1) is 9.92 Å². The molecule has 96 valence electrons. The number of sulfonamides is 1. The van der Waals surface area contributed by atoms with E-state index in [2.05, 4.69) is 20.7 Å². The standard InChI is InChI=1S/C11H15BrClNO2S/c1-3-8(4-2)14-17(15,16)9-5-6-11(13)10(12)7-9/h5-8,14H,3-4H2,1-2H3. The van der Waals surface area contributed by atoms with E-state index in [1.165, 1.54) is 12.1 Å². The van der Waals surface area contributed by atoms with Gasteiger partial charge in [0.1, 0.15) is 0 Å². The third-order valence-electron chi connectivity index (χ3n) is 2.51. The molecule has 1 aromatic rings.